The summed E-state index contributed by atoms with van der Waals surface area (Å²) in [5, 5.41) is 3.07. The maximum absolute atomic E-state index is 12.0. The van der Waals surface area contributed by atoms with Gasteiger partial charge in [-0.15, -0.1) is 0 Å². The first kappa shape index (κ1) is 13.8. The summed E-state index contributed by atoms with van der Waals surface area (Å²) < 4.78 is 0. The summed E-state index contributed by atoms with van der Waals surface area (Å²) in [6.45, 7) is 3.08. The number of likely N-dealkylation sites (tertiary alicyclic amines) is 1. The van der Waals surface area contributed by atoms with Crippen LogP contribution in [0.25, 0.3) is 0 Å². The van der Waals surface area contributed by atoms with Gasteiger partial charge in [0.05, 0.1) is 0 Å². The van der Waals surface area contributed by atoms with E-state index in [0.717, 1.165) is 32.5 Å². The SMILES string of the molecule is CN1CCC(CNC(=O)CC2(N)CCCCC2)C1. The van der Waals surface area contributed by atoms with Gasteiger partial charge in [-0.25, -0.2) is 0 Å². The van der Waals surface area contributed by atoms with Crippen molar-refractivity contribution in [2.75, 3.05) is 26.7 Å². The van der Waals surface area contributed by atoms with Crippen molar-refractivity contribution in [2.24, 2.45) is 11.7 Å². The zero-order valence-electron chi connectivity index (χ0n) is 11.6. The van der Waals surface area contributed by atoms with Crippen molar-refractivity contribution in [2.45, 2.75) is 50.5 Å². The Kier molecular flexibility index (Phi) is 4.62. The molecule has 1 amide bonds. The van der Waals surface area contributed by atoms with Crippen molar-refractivity contribution in [1.82, 2.24) is 10.2 Å². The Bertz CT molecular complexity index is 287. The van der Waals surface area contributed by atoms with Crippen molar-refractivity contribution < 1.29 is 4.79 Å². The van der Waals surface area contributed by atoms with Gasteiger partial charge in [0, 0.05) is 25.0 Å². The van der Waals surface area contributed by atoms with Gasteiger partial charge in [-0.2, -0.15) is 0 Å². The van der Waals surface area contributed by atoms with E-state index in [4.69, 9.17) is 5.73 Å². The summed E-state index contributed by atoms with van der Waals surface area (Å²) in [7, 11) is 2.14. The number of carbonyl (C=O) groups is 1. The zero-order chi connectivity index (χ0) is 13.0. The third-order valence-electron chi connectivity index (χ3n) is 4.44. The standard InChI is InChI=1S/C14H27N3O/c1-17-8-5-12(11-17)10-16-13(18)9-14(15)6-3-2-4-7-14/h12H,2-11,15H2,1H3,(H,16,18). The Hall–Kier alpha value is -0.610. The van der Waals surface area contributed by atoms with Crippen molar-refractivity contribution in [3.05, 3.63) is 0 Å². The number of nitrogens with two attached hydrogens (primary N) is 1. The van der Waals surface area contributed by atoms with Crippen molar-refractivity contribution in [1.29, 1.82) is 0 Å². The second-order valence-corrected chi connectivity index (χ2v) is 6.32. The topological polar surface area (TPSA) is 58.4 Å². The smallest absolute Gasteiger partial charge is 0.221 e. The molecule has 1 aliphatic carbocycles. The molecule has 0 aromatic heterocycles. The Morgan fingerprint density at radius 2 is 2.11 bits per heavy atom. The van der Waals surface area contributed by atoms with Gasteiger partial charge in [0.2, 0.25) is 5.91 Å². The van der Waals surface area contributed by atoms with E-state index in [-0.39, 0.29) is 11.4 Å². The molecule has 2 fully saturated rings. The van der Waals surface area contributed by atoms with E-state index in [1.807, 2.05) is 0 Å². The van der Waals surface area contributed by atoms with E-state index in [2.05, 4.69) is 17.3 Å². The number of nitrogens with zero attached hydrogens (tertiary/aromatic N) is 1. The summed E-state index contributed by atoms with van der Waals surface area (Å²) in [6.07, 6.45) is 7.35. The third-order valence-corrected chi connectivity index (χ3v) is 4.44. The van der Waals surface area contributed by atoms with Crippen LogP contribution in [0.15, 0.2) is 0 Å². The van der Waals surface area contributed by atoms with Crippen molar-refractivity contribution >= 4 is 5.91 Å². The van der Waals surface area contributed by atoms with Crippen molar-refractivity contribution in [3.63, 3.8) is 0 Å². The average Bonchev–Trinajstić information content (AvgIpc) is 2.73. The van der Waals surface area contributed by atoms with Crippen LogP contribution in [0, 0.1) is 5.92 Å². The highest BCUT2D eigenvalue weighted by Gasteiger charge is 2.30. The van der Waals surface area contributed by atoms with Crippen LogP contribution in [-0.4, -0.2) is 43.0 Å². The number of rotatable bonds is 4. The van der Waals surface area contributed by atoms with E-state index in [1.54, 1.807) is 0 Å². The van der Waals surface area contributed by atoms with Crippen LogP contribution >= 0.6 is 0 Å². The second kappa shape index (κ2) is 6.02. The van der Waals surface area contributed by atoms with Gasteiger partial charge < -0.3 is 16.0 Å². The zero-order valence-corrected chi connectivity index (χ0v) is 11.6. The fourth-order valence-corrected chi connectivity index (χ4v) is 3.27. The molecule has 1 unspecified atom stereocenters. The molecule has 0 spiro atoms. The minimum atomic E-state index is -0.227. The lowest BCUT2D eigenvalue weighted by molar-refractivity contribution is -0.122. The first-order valence-electron chi connectivity index (χ1n) is 7.31. The first-order valence-corrected chi connectivity index (χ1v) is 7.31. The van der Waals surface area contributed by atoms with Crippen LogP contribution in [0.5, 0.6) is 0 Å². The number of hydrogen-bond acceptors (Lipinski definition) is 3. The maximum Gasteiger partial charge on any atom is 0.221 e. The lowest BCUT2D eigenvalue weighted by Gasteiger charge is -2.32. The molecule has 1 saturated carbocycles. The molecule has 0 bridgehead atoms. The molecule has 2 aliphatic rings. The highest BCUT2D eigenvalue weighted by molar-refractivity contribution is 5.77. The molecule has 4 nitrogen and oxygen atoms in total. The van der Waals surface area contributed by atoms with Gasteiger partial charge in [0.15, 0.2) is 0 Å². The predicted molar refractivity (Wildman–Crippen MR) is 73.2 cm³/mol. The fraction of sp³-hybridized carbons (Fsp3) is 0.929. The van der Waals surface area contributed by atoms with Gasteiger partial charge in [-0.05, 0) is 38.8 Å². The molecule has 1 aliphatic heterocycles. The third kappa shape index (κ3) is 3.95. The summed E-state index contributed by atoms with van der Waals surface area (Å²) in [6, 6.07) is 0. The van der Waals surface area contributed by atoms with Crippen LogP contribution in [0.3, 0.4) is 0 Å². The van der Waals surface area contributed by atoms with Gasteiger partial charge in [0.25, 0.3) is 0 Å². The Morgan fingerprint density at radius 1 is 1.39 bits per heavy atom. The molecule has 104 valence electrons. The molecule has 1 atom stereocenters. The highest BCUT2D eigenvalue weighted by atomic mass is 16.1. The normalized spacial score (nSPS) is 28.2. The summed E-state index contributed by atoms with van der Waals surface area (Å²) in [4.78, 5) is 14.3. The van der Waals surface area contributed by atoms with Gasteiger partial charge in [-0.1, -0.05) is 19.3 Å². The monoisotopic (exact) mass is 253 g/mol. The highest BCUT2D eigenvalue weighted by Crippen LogP contribution is 2.28. The summed E-state index contributed by atoms with van der Waals surface area (Å²) >= 11 is 0. The minimum absolute atomic E-state index is 0.147. The predicted octanol–water partition coefficient (Wildman–Crippen LogP) is 1.11. The quantitative estimate of drug-likeness (QED) is 0.789. The summed E-state index contributed by atoms with van der Waals surface area (Å²) in [5.41, 5.74) is 6.07. The molecule has 0 radical (unpaired) electrons. The van der Waals surface area contributed by atoms with E-state index < -0.39 is 0 Å². The van der Waals surface area contributed by atoms with Crippen LogP contribution in [0.4, 0.5) is 0 Å². The number of carbonyl (C=O) groups excluding carboxylic acids is 1. The first-order chi connectivity index (χ1) is 8.57. The second-order valence-electron chi connectivity index (χ2n) is 6.32. The van der Waals surface area contributed by atoms with E-state index in [1.165, 1.54) is 25.7 Å². The van der Waals surface area contributed by atoms with Crippen LogP contribution < -0.4 is 11.1 Å². The fourth-order valence-electron chi connectivity index (χ4n) is 3.27. The molecule has 2 rings (SSSR count). The van der Waals surface area contributed by atoms with Gasteiger partial charge in [-0.3, -0.25) is 4.79 Å². The minimum Gasteiger partial charge on any atom is -0.356 e. The van der Waals surface area contributed by atoms with Gasteiger partial charge in [0.1, 0.15) is 0 Å². The van der Waals surface area contributed by atoms with Crippen LogP contribution in [0.1, 0.15) is 44.9 Å². The molecule has 0 aromatic rings. The van der Waals surface area contributed by atoms with E-state index in [9.17, 15) is 4.79 Å². The molecular weight excluding hydrogens is 226 g/mol. The lowest BCUT2D eigenvalue weighted by atomic mass is 9.80. The Balaban J connectivity index is 1.68. The lowest BCUT2D eigenvalue weighted by Crippen LogP contribution is -2.46. The largest absolute Gasteiger partial charge is 0.356 e. The molecule has 4 heteroatoms. The molecule has 0 aromatic carbocycles. The Morgan fingerprint density at radius 3 is 2.72 bits per heavy atom. The maximum atomic E-state index is 12.0. The number of hydrogen-bond donors (Lipinski definition) is 2. The molecule has 1 heterocycles. The molecule has 1 saturated heterocycles. The average molecular weight is 253 g/mol. The van der Waals surface area contributed by atoms with Crippen LogP contribution in [-0.2, 0) is 4.79 Å². The van der Waals surface area contributed by atoms with E-state index in [0.29, 0.717) is 12.3 Å². The van der Waals surface area contributed by atoms with E-state index >= 15 is 0 Å². The van der Waals surface area contributed by atoms with Crippen LogP contribution in [0.2, 0.25) is 0 Å². The molecule has 3 N–H and O–H groups in total. The number of nitrogens with one attached hydrogen (secondary N) is 1. The Labute approximate surface area is 110 Å². The van der Waals surface area contributed by atoms with Gasteiger partial charge >= 0.3 is 0 Å². The van der Waals surface area contributed by atoms with Crippen molar-refractivity contribution in [3.8, 4) is 0 Å². The molecule has 18 heavy (non-hydrogen) atoms. The molecular formula is C14H27N3O. The summed E-state index contributed by atoms with van der Waals surface area (Å²) in [5.74, 6) is 0.771. The number of amides is 1.